The Morgan fingerprint density at radius 1 is 0.844 bits per heavy atom. The fourth-order valence-corrected chi connectivity index (χ4v) is 3.56. The summed E-state index contributed by atoms with van der Waals surface area (Å²) in [7, 11) is 0. The van der Waals surface area contributed by atoms with Crippen molar-refractivity contribution in [3.8, 4) is 5.69 Å². The lowest BCUT2D eigenvalue weighted by molar-refractivity contribution is 0.103. The largest absolute Gasteiger partial charge is 0.389 e. The van der Waals surface area contributed by atoms with Crippen molar-refractivity contribution in [1.29, 1.82) is 0 Å². The van der Waals surface area contributed by atoms with Gasteiger partial charge in [-0.15, -0.1) is 0 Å². The van der Waals surface area contributed by atoms with Gasteiger partial charge in [0.05, 0.1) is 19.2 Å². The van der Waals surface area contributed by atoms with Crippen molar-refractivity contribution in [2.75, 3.05) is 23.7 Å². The topological polar surface area (TPSA) is 107 Å². The summed E-state index contributed by atoms with van der Waals surface area (Å²) in [6, 6.07) is 17.5. The number of anilines is 2. The fraction of sp³-hybridized carbons (Fsp3) is 0.136. The molecule has 0 aliphatic carbocycles. The minimum atomic E-state index is -0.858. The second kappa shape index (κ2) is 9.25. The molecule has 4 amide bonds. The zero-order valence-corrected chi connectivity index (χ0v) is 18.4. The van der Waals surface area contributed by atoms with Crippen LogP contribution in [0, 0.1) is 0 Å². The summed E-state index contributed by atoms with van der Waals surface area (Å²) < 4.78 is 2.35. The number of nitrogens with zero attached hydrogens (tertiary/aromatic N) is 3. The van der Waals surface area contributed by atoms with E-state index in [0.29, 0.717) is 17.1 Å². The molecule has 1 atom stereocenters. The smallest absolute Gasteiger partial charge is 0.340 e. The van der Waals surface area contributed by atoms with E-state index in [9.17, 15) is 19.5 Å². The first-order valence-corrected chi connectivity index (χ1v) is 10.6. The third-order valence-corrected chi connectivity index (χ3v) is 5.37. The molecule has 1 saturated heterocycles. The molecule has 1 fully saturated rings. The van der Waals surface area contributed by atoms with E-state index in [1.54, 1.807) is 66.9 Å². The Morgan fingerprint density at radius 3 is 1.91 bits per heavy atom. The van der Waals surface area contributed by atoms with Gasteiger partial charge >= 0.3 is 12.1 Å². The van der Waals surface area contributed by atoms with E-state index in [1.807, 2.05) is 0 Å². The van der Waals surface area contributed by atoms with Crippen molar-refractivity contribution < 1.29 is 14.7 Å². The van der Waals surface area contributed by atoms with E-state index in [-0.39, 0.29) is 18.6 Å². The minimum Gasteiger partial charge on any atom is -0.389 e. The van der Waals surface area contributed by atoms with Gasteiger partial charge in [-0.25, -0.2) is 19.6 Å². The Hall–Kier alpha value is -3.63. The number of aliphatic hydroxyl groups excluding tert-OH is 1. The van der Waals surface area contributed by atoms with Gasteiger partial charge in [0.25, 0.3) is 5.56 Å². The van der Waals surface area contributed by atoms with Crippen molar-refractivity contribution in [3.05, 3.63) is 87.8 Å². The number of carbonyl (C=O) groups excluding carboxylic acids is 2. The predicted octanol–water partition coefficient (Wildman–Crippen LogP) is 3.26. The van der Waals surface area contributed by atoms with Crippen LogP contribution in [-0.2, 0) is 0 Å². The SMILES string of the molecule is O=C(Nc1ccc(Br)cc1)N1C[C@H](O)CN1C(=O)Nc1ccc(-n2ccccc2=O)cc1. The summed E-state index contributed by atoms with van der Waals surface area (Å²) >= 11 is 3.33. The summed E-state index contributed by atoms with van der Waals surface area (Å²) in [6.45, 7) is -0.0251. The quantitative estimate of drug-likeness (QED) is 0.516. The van der Waals surface area contributed by atoms with Gasteiger partial charge in [0.2, 0.25) is 0 Å². The normalized spacial score (nSPS) is 15.5. The molecule has 32 heavy (non-hydrogen) atoms. The van der Waals surface area contributed by atoms with Gasteiger partial charge in [0.15, 0.2) is 0 Å². The van der Waals surface area contributed by atoms with Crippen LogP contribution in [0.25, 0.3) is 5.69 Å². The lowest BCUT2D eigenvalue weighted by Crippen LogP contribution is -2.48. The standard InChI is InChI=1S/C22H20BrN5O4/c23-15-4-6-16(7-5-15)24-21(31)27-13-19(29)14-28(27)22(32)25-17-8-10-18(11-9-17)26-12-2-1-3-20(26)30/h1-12,19,29H,13-14H2,(H,24,31)(H,25,32)/t19-/m0/s1. The molecule has 9 nitrogen and oxygen atoms in total. The lowest BCUT2D eigenvalue weighted by atomic mass is 10.2. The van der Waals surface area contributed by atoms with Gasteiger partial charge in [-0.1, -0.05) is 22.0 Å². The second-order valence-electron chi connectivity index (χ2n) is 7.14. The number of aromatic nitrogens is 1. The highest BCUT2D eigenvalue weighted by Gasteiger charge is 2.36. The molecule has 0 saturated carbocycles. The molecular weight excluding hydrogens is 478 g/mol. The number of halogens is 1. The molecule has 164 valence electrons. The molecule has 3 N–H and O–H groups in total. The predicted molar refractivity (Wildman–Crippen MR) is 124 cm³/mol. The molecule has 2 heterocycles. The van der Waals surface area contributed by atoms with Crippen LogP contribution in [0.3, 0.4) is 0 Å². The number of hydrazine groups is 1. The third-order valence-electron chi connectivity index (χ3n) is 4.84. The molecule has 0 spiro atoms. The number of β-amino-alcohol motifs (C(OH)–C–C–N with tert-alkyl or cyclic N) is 1. The molecule has 1 aliphatic rings. The maximum Gasteiger partial charge on any atom is 0.340 e. The number of aliphatic hydroxyl groups is 1. The first-order valence-electron chi connectivity index (χ1n) is 9.79. The number of hydrogen-bond donors (Lipinski definition) is 3. The van der Waals surface area contributed by atoms with E-state index >= 15 is 0 Å². The number of urea groups is 2. The minimum absolute atomic E-state index is 0.00829. The maximum absolute atomic E-state index is 12.8. The highest BCUT2D eigenvalue weighted by atomic mass is 79.9. The number of pyridine rings is 1. The number of nitrogens with one attached hydrogen (secondary N) is 2. The Balaban J connectivity index is 1.44. The van der Waals surface area contributed by atoms with E-state index in [0.717, 1.165) is 9.48 Å². The highest BCUT2D eigenvalue weighted by Crippen LogP contribution is 2.19. The van der Waals surface area contributed by atoms with Crippen LogP contribution in [0.4, 0.5) is 21.0 Å². The van der Waals surface area contributed by atoms with Crippen LogP contribution in [0.1, 0.15) is 0 Å². The molecular formula is C22H20BrN5O4. The summed E-state index contributed by atoms with van der Waals surface area (Å²) in [5.41, 5.74) is 1.53. The zero-order chi connectivity index (χ0) is 22.7. The number of carbonyl (C=O) groups is 2. The van der Waals surface area contributed by atoms with Crippen molar-refractivity contribution in [1.82, 2.24) is 14.6 Å². The second-order valence-corrected chi connectivity index (χ2v) is 8.06. The van der Waals surface area contributed by atoms with E-state index in [4.69, 9.17) is 0 Å². The Kier molecular flexibility index (Phi) is 6.24. The van der Waals surface area contributed by atoms with Gasteiger partial charge < -0.3 is 15.7 Å². The van der Waals surface area contributed by atoms with Crippen molar-refractivity contribution in [3.63, 3.8) is 0 Å². The Labute approximate surface area is 192 Å². The molecule has 1 aromatic heterocycles. The van der Waals surface area contributed by atoms with E-state index < -0.39 is 18.2 Å². The molecule has 2 aromatic carbocycles. The highest BCUT2D eigenvalue weighted by molar-refractivity contribution is 9.10. The van der Waals surface area contributed by atoms with Crippen LogP contribution in [0.15, 0.2) is 82.2 Å². The van der Waals surface area contributed by atoms with Crippen molar-refractivity contribution in [2.24, 2.45) is 0 Å². The molecule has 10 heteroatoms. The van der Waals surface area contributed by atoms with Crippen LogP contribution < -0.4 is 16.2 Å². The Bertz CT molecular complexity index is 1180. The van der Waals surface area contributed by atoms with Crippen molar-refractivity contribution in [2.45, 2.75) is 6.10 Å². The number of benzene rings is 2. The molecule has 0 radical (unpaired) electrons. The summed E-state index contributed by atoms with van der Waals surface area (Å²) in [4.78, 5) is 37.4. The lowest BCUT2D eigenvalue weighted by Gasteiger charge is -2.27. The fourth-order valence-electron chi connectivity index (χ4n) is 3.29. The number of rotatable bonds is 3. The zero-order valence-electron chi connectivity index (χ0n) is 16.8. The third kappa shape index (κ3) is 4.82. The van der Waals surface area contributed by atoms with Gasteiger partial charge in [-0.2, -0.15) is 0 Å². The van der Waals surface area contributed by atoms with E-state index in [2.05, 4.69) is 26.6 Å². The monoisotopic (exact) mass is 497 g/mol. The summed E-state index contributed by atoms with van der Waals surface area (Å²) in [5, 5.41) is 17.8. The van der Waals surface area contributed by atoms with Crippen molar-refractivity contribution >= 4 is 39.4 Å². The van der Waals surface area contributed by atoms with Crippen LogP contribution >= 0.6 is 15.9 Å². The summed E-state index contributed by atoms with van der Waals surface area (Å²) in [5.74, 6) is 0. The molecule has 3 aromatic rings. The average Bonchev–Trinajstić information content (AvgIpc) is 3.18. The molecule has 0 bridgehead atoms. The maximum atomic E-state index is 12.8. The van der Waals surface area contributed by atoms with Crippen LogP contribution in [0.2, 0.25) is 0 Å². The van der Waals surface area contributed by atoms with Gasteiger partial charge in [-0.05, 0) is 54.6 Å². The van der Waals surface area contributed by atoms with Crippen LogP contribution in [-0.4, -0.2) is 50.9 Å². The Morgan fingerprint density at radius 2 is 1.38 bits per heavy atom. The molecule has 4 rings (SSSR count). The average molecular weight is 498 g/mol. The van der Waals surface area contributed by atoms with Crippen LogP contribution in [0.5, 0.6) is 0 Å². The van der Waals surface area contributed by atoms with Gasteiger partial charge in [-0.3, -0.25) is 9.36 Å². The first-order chi connectivity index (χ1) is 15.4. The molecule has 0 unspecified atom stereocenters. The molecule has 1 aliphatic heterocycles. The summed E-state index contributed by atoms with van der Waals surface area (Å²) in [6.07, 6.45) is 0.799. The number of hydrogen-bond acceptors (Lipinski definition) is 4. The van der Waals surface area contributed by atoms with Gasteiger partial charge in [0.1, 0.15) is 0 Å². The van der Waals surface area contributed by atoms with Gasteiger partial charge in [0, 0.05) is 33.8 Å². The first kappa shape index (κ1) is 21.6. The number of amides is 4. The van der Waals surface area contributed by atoms with E-state index in [1.165, 1.54) is 15.6 Å².